The number of amides is 1. The van der Waals surface area contributed by atoms with Gasteiger partial charge in [-0.2, -0.15) is 18.3 Å². The zero-order chi connectivity index (χ0) is 18.2. The van der Waals surface area contributed by atoms with Crippen molar-refractivity contribution < 1.29 is 18.0 Å². The molecule has 0 atom stereocenters. The van der Waals surface area contributed by atoms with Gasteiger partial charge in [0.1, 0.15) is 5.69 Å². The molecule has 3 aromatic heterocycles. The first-order valence-electron chi connectivity index (χ1n) is 6.98. The molecule has 0 bridgehead atoms. The van der Waals surface area contributed by atoms with Gasteiger partial charge in [-0.05, 0) is 19.1 Å². The third-order valence-electron chi connectivity index (χ3n) is 3.30. The van der Waals surface area contributed by atoms with Crippen LogP contribution in [-0.4, -0.2) is 30.6 Å². The minimum absolute atomic E-state index is 0.237. The van der Waals surface area contributed by atoms with Crippen LogP contribution in [0, 0.1) is 6.92 Å². The molecule has 25 heavy (non-hydrogen) atoms. The number of hydrogen-bond acceptors (Lipinski definition) is 5. The van der Waals surface area contributed by atoms with Gasteiger partial charge < -0.3 is 5.32 Å². The van der Waals surface area contributed by atoms with Gasteiger partial charge in [0, 0.05) is 5.39 Å². The Bertz CT molecular complexity index is 962. The van der Waals surface area contributed by atoms with E-state index in [-0.39, 0.29) is 11.6 Å². The smallest absolute Gasteiger partial charge is 0.321 e. The Morgan fingerprint density at radius 1 is 1.24 bits per heavy atom. The largest absolute Gasteiger partial charge is 0.451 e. The molecule has 3 aromatic rings. The van der Waals surface area contributed by atoms with Crippen LogP contribution in [0.5, 0.6) is 0 Å². The number of alkyl halides is 3. The van der Waals surface area contributed by atoms with E-state index in [1.165, 1.54) is 10.9 Å². The summed E-state index contributed by atoms with van der Waals surface area (Å²) >= 11 is 0. The Morgan fingerprint density at radius 2 is 1.92 bits per heavy atom. The van der Waals surface area contributed by atoms with Gasteiger partial charge in [-0.15, -0.1) is 0 Å². The van der Waals surface area contributed by atoms with Crippen LogP contribution in [0.15, 0.2) is 37.3 Å². The van der Waals surface area contributed by atoms with Gasteiger partial charge in [-0.1, -0.05) is 6.58 Å². The molecule has 0 aliphatic heterocycles. The number of hydrogen-bond donors (Lipinski definition) is 1. The topological polar surface area (TPSA) is 85.6 Å². The molecule has 0 spiro atoms. The van der Waals surface area contributed by atoms with Crippen molar-refractivity contribution >= 4 is 22.6 Å². The molecule has 128 valence electrons. The van der Waals surface area contributed by atoms with E-state index in [4.69, 9.17) is 0 Å². The molecule has 0 unspecified atom stereocenters. The first-order valence-corrected chi connectivity index (χ1v) is 6.98. The van der Waals surface area contributed by atoms with E-state index in [0.717, 1.165) is 18.5 Å². The van der Waals surface area contributed by atoms with Crippen molar-refractivity contribution in [3.8, 4) is 5.69 Å². The predicted octanol–water partition coefficient (Wildman–Crippen LogP) is 2.66. The molecule has 1 N–H and O–H groups in total. The Balaban J connectivity index is 2.03. The molecular weight excluding hydrogens is 337 g/mol. The lowest BCUT2D eigenvalue weighted by atomic mass is 10.2. The molecule has 3 rings (SSSR count). The molecule has 1 amide bonds. The lowest BCUT2D eigenvalue weighted by molar-refractivity contribution is -0.145. The second-order valence-electron chi connectivity index (χ2n) is 5.05. The van der Waals surface area contributed by atoms with Crippen molar-refractivity contribution in [1.82, 2.24) is 24.7 Å². The number of aromatic nitrogens is 5. The monoisotopic (exact) mass is 348 g/mol. The number of aryl methyl sites for hydroxylation is 1. The highest BCUT2D eigenvalue weighted by Gasteiger charge is 2.34. The number of carbonyl (C=O) groups excluding carboxylic acids is 1. The molecule has 0 aliphatic rings. The van der Waals surface area contributed by atoms with Gasteiger partial charge in [0.05, 0.1) is 30.0 Å². The fourth-order valence-corrected chi connectivity index (χ4v) is 2.16. The first kappa shape index (κ1) is 16.6. The summed E-state index contributed by atoms with van der Waals surface area (Å²) in [5, 5.41) is 7.46. The van der Waals surface area contributed by atoms with Crippen LogP contribution in [0.25, 0.3) is 16.7 Å². The summed E-state index contributed by atoms with van der Waals surface area (Å²) in [6.45, 7) is 5.07. The Labute approximate surface area is 139 Å². The first-order chi connectivity index (χ1) is 11.8. The maximum Gasteiger partial charge on any atom is 0.451 e. The fraction of sp³-hybridized carbons (Fsp3) is 0.133. The summed E-state index contributed by atoms with van der Waals surface area (Å²) in [6.07, 6.45) is -0.0307. The zero-order valence-corrected chi connectivity index (χ0v) is 12.9. The van der Waals surface area contributed by atoms with E-state index < -0.39 is 12.0 Å². The highest BCUT2D eigenvalue weighted by molar-refractivity contribution is 6.00. The maximum absolute atomic E-state index is 12.6. The van der Waals surface area contributed by atoms with Crippen molar-refractivity contribution in [2.45, 2.75) is 13.1 Å². The Hall–Kier alpha value is -3.30. The summed E-state index contributed by atoms with van der Waals surface area (Å²) in [6, 6.07) is 1.66. The van der Waals surface area contributed by atoms with E-state index in [0.29, 0.717) is 22.4 Å². The molecule has 3 heterocycles. The van der Waals surface area contributed by atoms with Crippen molar-refractivity contribution in [3.05, 3.63) is 48.8 Å². The maximum atomic E-state index is 12.6. The average molecular weight is 348 g/mol. The molecule has 0 saturated carbocycles. The number of halogens is 3. The van der Waals surface area contributed by atoms with E-state index in [1.54, 1.807) is 13.0 Å². The number of carbonyl (C=O) groups is 1. The molecule has 10 heteroatoms. The lowest BCUT2D eigenvalue weighted by Crippen LogP contribution is -2.11. The van der Waals surface area contributed by atoms with E-state index in [9.17, 15) is 18.0 Å². The number of rotatable bonds is 3. The molecule has 0 aromatic carbocycles. The Morgan fingerprint density at radius 3 is 2.52 bits per heavy atom. The van der Waals surface area contributed by atoms with Crippen LogP contribution in [0.2, 0.25) is 0 Å². The summed E-state index contributed by atoms with van der Waals surface area (Å²) in [5.41, 5.74) is 1.67. The van der Waals surface area contributed by atoms with Gasteiger partial charge in [0.2, 0.25) is 11.7 Å². The minimum Gasteiger partial charge on any atom is -0.321 e. The van der Waals surface area contributed by atoms with Crippen LogP contribution in [0.3, 0.4) is 0 Å². The molecule has 0 radical (unpaired) electrons. The summed E-state index contributed by atoms with van der Waals surface area (Å²) in [5.74, 6) is -1.62. The highest BCUT2D eigenvalue weighted by Crippen LogP contribution is 2.27. The van der Waals surface area contributed by atoms with Gasteiger partial charge in [0.25, 0.3) is 0 Å². The molecular formula is C15H11F3N6O. The second kappa shape index (κ2) is 5.96. The highest BCUT2D eigenvalue weighted by atomic mass is 19.4. The third-order valence-corrected chi connectivity index (χ3v) is 3.30. The quantitative estimate of drug-likeness (QED) is 0.736. The van der Waals surface area contributed by atoms with Crippen LogP contribution in [0.4, 0.5) is 18.9 Å². The van der Waals surface area contributed by atoms with Crippen molar-refractivity contribution in [1.29, 1.82) is 0 Å². The van der Waals surface area contributed by atoms with Crippen LogP contribution >= 0.6 is 0 Å². The lowest BCUT2D eigenvalue weighted by Gasteiger charge is -2.06. The van der Waals surface area contributed by atoms with Crippen molar-refractivity contribution in [2.24, 2.45) is 0 Å². The number of fused-ring (bicyclic) bond motifs is 1. The average Bonchev–Trinajstić information content (AvgIpc) is 2.90. The number of pyridine rings is 1. The number of nitrogens with zero attached hydrogens (tertiary/aromatic N) is 5. The van der Waals surface area contributed by atoms with Gasteiger partial charge >= 0.3 is 6.18 Å². The summed E-state index contributed by atoms with van der Waals surface area (Å²) < 4.78 is 39.0. The molecule has 0 saturated heterocycles. The standard InChI is InChI=1S/C15H11F3N6O/c1-3-12(25)22-9-4-11-8(2)23-24(13(11)19-5-9)10-6-20-14(21-7-10)15(16,17)18/h3-7H,1H2,2H3,(H,22,25). The third kappa shape index (κ3) is 3.18. The molecule has 0 aliphatic carbocycles. The van der Waals surface area contributed by atoms with E-state index >= 15 is 0 Å². The minimum atomic E-state index is -4.61. The number of anilines is 1. The normalized spacial score (nSPS) is 11.5. The van der Waals surface area contributed by atoms with Crippen molar-refractivity contribution in [2.75, 3.05) is 5.32 Å². The van der Waals surface area contributed by atoms with Gasteiger partial charge in [-0.3, -0.25) is 4.79 Å². The van der Waals surface area contributed by atoms with Crippen molar-refractivity contribution in [3.63, 3.8) is 0 Å². The van der Waals surface area contributed by atoms with E-state index in [2.05, 4.69) is 31.9 Å². The zero-order valence-electron chi connectivity index (χ0n) is 12.9. The SMILES string of the molecule is C=CC(=O)Nc1cnc2c(c1)c(C)nn2-c1cnc(C(F)(F)F)nc1. The van der Waals surface area contributed by atoms with Crippen LogP contribution in [0.1, 0.15) is 11.5 Å². The van der Waals surface area contributed by atoms with E-state index in [1.807, 2.05) is 0 Å². The predicted molar refractivity (Wildman–Crippen MR) is 83.0 cm³/mol. The van der Waals surface area contributed by atoms with Gasteiger partial charge in [0.15, 0.2) is 5.65 Å². The fourth-order valence-electron chi connectivity index (χ4n) is 2.16. The summed E-state index contributed by atoms with van der Waals surface area (Å²) in [7, 11) is 0. The van der Waals surface area contributed by atoms with Gasteiger partial charge in [-0.25, -0.2) is 19.6 Å². The molecule has 0 fully saturated rings. The van der Waals surface area contributed by atoms with Crippen LogP contribution < -0.4 is 5.32 Å². The van der Waals surface area contributed by atoms with Crippen LogP contribution in [-0.2, 0) is 11.0 Å². The Kier molecular flexibility index (Phi) is 3.95. The number of nitrogens with one attached hydrogen (secondary N) is 1. The molecule has 7 nitrogen and oxygen atoms in total. The second-order valence-corrected chi connectivity index (χ2v) is 5.05. The summed E-state index contributed by atoms with van der Waals surface area (Å²) in [4.78, 5) is 22.2.